The van der Waals surface area contributed by atoms with Crippen molar-refractivity contribution in [2.24, 2.45) is 0 Å². The summed E-state index contributed by atoms with van der Waals surface area (Å²) in [5, 5.41) is 0. The number of anilines is 1. The first kappa shape index (κ1) is 16.8. The monoisotopic (exact) mass is 338 g/mol. The SMILES string of the molecule is Fc1ccccc1N1CCN(Cc2ccc(C(F)(F)F)cc2)CC1. The minimum Gasteiger partial charge on any atom is -0.367 e. The lowest BCUT2D eigenvalue weighted by Gasteiger charge is -2.36. The summed E-state index contributed by atoms with van der Waals surface area (Å²) in [6, 6.07) is 12.0. The molecule has 0 atom stereocenters. The Morgan fingerprint density at radius 3 is 2.04 bits per heavy atom. The zero-order chi connectivity index (χ0) is 17.2. The van der Waals surface area contributed by atoms with Gasteiger partial charge in [-0.3, -0.25) is 4.90 Å². The van der Waals surface area contributed by atoms with E-state index in [0.717, 1.165) is 30.8 Å². The van der Waals surface area contributed by atoms with E-state index < -0.39 is 11.7 Å². The molecular weight excluding hydrogens is 320 g/mol. The van der Waals surface area contributed by atoms with Crippen molar-refractivity contribution >= 4 is 5.69 Å². The van der Waals surface area contributed by atoms with Gasteiger partial charge in [-0.2, -0.15) is 13.2 Å². The van der Waals surface area contributed by atoms with E-state index in [0.29, 0.717) is 25.3 Å². The minimum atomic E-state index is -4.30. The summed E-state index contributed by atoms with van der Waals surface area (Å²) in [4.78, 5) is 4.17. The number of rotatable bonds is 3. The van der Waals surface area contributed by atoms with Gasteiger partial charge in [-0.15, -0.1) is 0 Å². The standard InChI is InChI=1S/C18H18F4N2/c19-16-3-1-2-4-17(16)24-11-9-23(10-12-24)13-14-5-7-15(8-6-14)18(20,21)22/h1-8H,9-13H2. The predicted molar refractivity (Wildman–Crippen MR) is 85.3 cm³/mol. The van der Waals surface area contributed by atoms with Crippen LogP contribution in [0, 0.1) is 5.82 Å². The van der Waals surface area contributed by atoms with Crippen LogP contribution >= 0.6 is 0 Å². The molecule has 0 N–H and O–H groups in total. The Kier molecular flexibility index (Phi) is 4.76. The Bertz CT molecular complexity index is 674. The largest absolute Gasteiger partial charge is 0.416 e. The average molecular weight is 338 g/mol. The van der Waals surface area contributed by atoms with Crippen LogP contribution in [0.15, 0.2) is 48.5 Å². The van der Waals surface area contributed by atoms with Gasteiger partial charge in [0.1, 0.15) is 5.82 Å². The predicted octanol–water partition coefficient (Wildman–Crippen LogP) is 4.17. The number of para-hydroxylation sites is 1. The Labute approximate surface area is 138 Å². The molecule has 1 saturated heterocycles. The maximum absolute atomic E-state index is 13.8. The second-order valence-electron chi connectivity index (χ2n) is 5.91. The maximum Gasteiger partial charge on any atom is 0.416 e. The third-order valence-corrected chi connectivity index (χ3v) is 4.25. The Morgan fingerprint density at radius 1 is 0.833 bits per heavy atom. The van der Waals surface area contributed by atoms with Gasteiger partial charge in [-0.05, 0) is 29.8 Å². The maximum atomic E-state index is 13.8. The van der Waals surface area contributed by atoms with Crippen LogP contribution < -0.4 is 4.90 Å². The number of piperazine rings is 1. The van der Waals surface area contributed by atoms with Gasteiger partial charge < -0.3 is 4.90 Å². The van der Waals surface area contributed by atoms with Crippen LogP contribution in [0.3, 0.4) is 0 Å². The molecule has 0 spiro atoms. The highest BCUT2D eigenvalue weighted by Crippen LogP contribution is 2.29. The topological polar surface area (TPSA) is 6.48 Å². The Morgan fingerprint density at radius 2 is 1.46 bits per heavy atom. The molecule has 1 heterocycles. The van der Waals surface area contributed by atoms with Crippen LogP contribution in [0.1, 0.15) is 11.1 Å². The lowest BCUT2D eigenvalue weighted by Crippen LogP contribution is -2.46. The number of benzene rings is 2. The van der Waals surface area contributed by atoms with Gasteiger partial charge in [0.2, 0.25) is 0 Å². The molecule has 6 heteroatoms. The van der Waals surface area contributed by atoms with Gasteiger partial charge in [0, 0.05) is 32.7 Å². The van der Waals surface area contributed by atoms with Crippen molar-refractivity contribution in [1.82, 2.24) is 4.90 Å². The van der Waals surface area contributed by atoms with Crippen molar-refractivity contribution in [2.75, 3.05) is 31.1 Å². The molecule has 1 fully saturated rings. The van der Waals surface area contributed by atoms with Crippen LogP contribution in [-0.2, 0) is 12.7 Å². The van der Waals surface area contributed by atoms with Crippen molar-refractivity contribution in [2.45, 2.75) is 12.7 Å². The van der Waals surface area contributed by atoms with Gasteiger partial charge in [0.05, 0.1) is 11.3 Å². The number of nitrogens with zero attached hydrogens (tertiary/aromatic N) is 2. The third-order valence-electron chi connectivity index (χ3n) is 4.25. The molecule has 0 radical (unpaired) electrons. The molecule has 3 rings (SSSR count). The summed E-state index contributed by atoms with van der Waals surface area (Å²) in [5.41, 5.74) is 0.824. The van der Waals surface area contributed by atoms with Gasteiger partial charge in [-0.25, -0.2) is 4.39 Å². The van der Waals surface area contributed by atoms with Crippen molar-refractivity contribution in [3.8, 4) is 0 Å². The van der Waals surface area contributed by atoms with Crippen molar-refractivity contribution in [1.29, 1.82) is 0 Å². The minimum absolute atomic E-state index is 0.228. The summed E-state index contributed by atoms with van der Waals surface area (Å²) in [6.45, 7) is 3.48. The molecule has 2 aromatic rings. The molecule has 0 amide bonds. The van der Waals surface area contributed by atoms with E-state index in [1.807, 2.05) is 11.0 Å². The highest BCUT2D eigenvalue weighted by atomic mass is 19.4. The number of alkyl halides is 3. The molecule has 0 aromatic heterocycles. The average Bonchev–Trinajstić information content (AvgIpc) is 2.56. The molecule has 1 aliphatic heterocycles. The summed E-state index contributed by atoms with van der Waals surface area (Å²) in [7, 11) is 0. The van der Waals surface area contributed by atoms with E-state index in [1.54, 1.807) is 12.1 Å². The fourth-order valence-electron chi connectivity index (χ4n) is 2.91. The molecule has 1 aliphatic rings. The van der Waals surface area contributed by atoms with Crippen molar-refractivity contribution < 1.29 is 17.6 Å². The van der Waals surface area contributed by atoms with Gasteiger partial charge in [-0.1, -0.05) is 24.3 Å². The highest BCUT2D eigenvalue weighted by Gasteiger charge is 2.30. The molecule has 128 valence electrons. The lowest BCUT2D eigenvalue weighted by molar-refractivity contribution is -0.137. The zero-order valence-corrected chi connectivity index (χ0v) is 13.1. The summed E-state index contributed by atoms with van der Waals surface area (Å²) in [6.07, 6.45) is -4.30. The smallest absolute Gasteiger partial charge is 0.367 e. The number of halogens is 4. The van der Waals surface area contributed by atoms with Crippen LogP contribution in [0.5, 0.6) is 0 Å². The number of hydrogen-bond donors (Lipinski definition) is 0. The van der Waals surface area contributed by atoms with E-state index in [1.165, 1.54) is 18.2 Å². The second kappa shape index (κ2) is 6.81. The van der Waals surface area contributed by atoms with Gasteiger partial charge >= 0.3 is 6.18 Å². The molecular formula is C18H18F4N2. The number of hydrogen-bond acceptors (Lipinski definition) is 2. The Hall–Kier alpha value is -2.08. The quantitative estimate of drug-likeness (QED) is 0.775. The molecule has 2 nitrogen and oxygen atoms in total. The highest BCUT2D eigenvalue weighted by molar-refractivity contribution is 5.48. The first-order valence-electron chi connectivity index (χ1n) is 7.81. The molecule has 0 aliphatic carbocycles. The fourth-order valence-corrected chi connectivity index (χ4v) is 2.91. The van der Waals surface area contributed by atoms with Crippen LogP contribution in [0.2, 0.25) is 0 Å². The van der Waals surface area contributed by atoms with Crippen LogP contribution in [-0.4, -0.2) is 31.1 Å². The van der Waals surface area contributed by atoms with Gasteiger partial charge in [0.25, 0.3) is 0 Å². The zero-order valence-electron chi connectivity index (χ0n) is 13.1. The van der Waals surface area contributed by atoms with Gasteiger partial charge in [0.15, 0.2) is 0 Å². The summed E-state index contributed by atoms with van der Waals surface area (Å²) in [5.74, 6) is -0.228. The second-order valence-corrected chi connectivity index (χ2v) is 5.91. The van der Waals surface area contributed by atoms with E-state index in [-0.39, 0.29) is 5.82 Å². The van der Waals surface area contributed by atoms with E-state index in [4.69, 9.17) is 0 Å². The normalized spacial score (nSPS) is 16.4. The molecule has 2 aromatic carbocycles. The summed E-state index contributed by atoms with van der Waals surface area (Å²) >= 11 is 0. The van der Waals surface area contributed by atoms with E-state index in [9.17, 15) is 17.6 Å². The fraction of sp³-hybridized carbons (Fsp3) is 0.333. The van der Waals surface area contributed by atoms with Crippen molar-refractivity contribution in [3.63, 3.8) is 0 Å². The van der Waals surface area contributed by atoms with Crippen LogP contribution in [0.4, 0.5) is 23.2 Å². The van der Waals surface area contributed by atoms with Crippen molar-refractivity contribution in [3.05, 3.63) is 65.5 Å². The first-order valence-corrected chi connectivity index (χ1v) is 7.81. The molecule has 0 bridgehead atoms. The lowest BCUT2D eigenvalue weighted by atomic mass is 10.1. The van der Waals surface area contributed by atoms with E-state index >= 15 is 0 Å². The molecule has 24 heavy (non-hydrogen) atoms. The first-order chi connectivity index (χ1) is 11.4. The third kappa shape index (κ3) is 3.87. The molecule has 0 saturated carbocycles. The van der Waals surface area contributed by atoms with E-state index in [2.05, 4.69) is 4.90 Å². The Balaban J connectivity index is 1.57. The molecule has 0 unspecified atom stereocenters. The van der Waals surface area contributed by atoms with Crippen LogP contribution in [0.25, 0.3) is 0 Å². The summed E-state index contributed by atoms with van der Waals surface area (Å²) < 4.78 is 51.5.